The molecule has 0 radical (unpaired) electrons. The van der Waals surface area contributed by atoms with Crippen molar-refractivity contribution >= 4 is 22.8 Å². The summed E-state index contributed by atoms with van der Waals surface area (Å²) in [6.45, 7) is 16.1. The van der Waals surface area contributed by atoms with Gasteiger partial charge in [-0.2, -0.15) is 5.26 Å². The molecule has 3 rings (SSSR count). The first-order valence-corrected chi connectivity index (χ1v) is 13.6. The summed E-state index contributed by atoms with van der Waals surface area (Å²) in [7, 11) is 0. The molecule has 0 aromatic heterocycles. The average molecular weight is 478 g/mol. The molecule has 35 heavy (non-hydrogen) atoms. The van der Waals surface area contributed by atoms with Crippen molar-refractivity contribution in [2.45, 2.75) is 112 Å². The highest BCUT2D eigenvalue weighted by Crippen LogP contribution is 2.17. The molecule has 1 aromatic carbocycles. The van der Waals surface area contributed by atoms with E-state index in [0.29, 0.717) is 12.3 Å². The van der Waals surface area contributed by atoms with E-state index in [4.69, 9.17) is 4.99 Å². The van der Waals surface area contributed by atoms with Gasteiger partial charge < -0.3 is 0 Å². The van der Waals surface area contributed by atoms with Gasteiger partial charge in [-0.25, -0.2) is 0 Å². The van der Waals surface area contributed by atoms with Crippen molar-refractivity contribution < 1.29 is 0 Å². The third-order valence-electron chi connectivity index (χ3n) is 5.51. The van der Waals surface area contributed by atoms with Gasteiger partial charge in [-0.05, 0) is 30.9 Å². The van der Waals surface area contributed by atoms with Gasteiger partial charge in [-0.3, -0.25) is 20.0 Å². The topological polar surface area (TPSA) is 73.2 Å². The lowest BCUT2D eigenvalue weighted by Crippen LogP contribution is -2.28. The molecule has 0 aliphatic carbocycles. The molecule has 0 bridgehead atoms. The Hall–Kier alpha value is -2.61. The molecule has 5 heteroatoms. The molecule has 2 aliphatic rings. The van der Waals surface area contributed by atoms with Crippen molar-refractivity contribution in [2.24, 2.45) is 20.0 Å². The summed E-state index contributed by atoms with van der Waals surface area (Å²) >= 11 is 0. The molecule has 1 aromatic rings. The lowest BCUT2D eigenvalue weighted by atomic mass is 9.95. The van der Waals surface area contributed by atoms with Gasteiger partial charge in [0.05, 0.1) is 25.2 Å². The first-order valence-electron chi connectivity index (χ1n) is 13.6. The Morgan fingerprint density at radius 2 is 1.31 bits per heavy atom. The highest BCUT2D eigenvalue weighted by atomic mass is 14.9. The van der Waals surface area contributed by atoms with E-state index in [9.17, 15) is 5.26 Å². The Labute approximate surface area is 214 Å². The molecular weight excluding hydrogens is 430 g/mol. The lowest BCUT2D eigenvalue weighted by molar-refractivity contribution is 0.791. The molecule has 0 fully saturated rings. The molecule has 2 aliphatic heterocycles. The van der Waals surface area contributed by atoms with Crippen LogP contribution in [0.25, 0.3) is 0 Å². The predicted molar refractivity (Wildman–Crippen MR) is 154 cm³/mol. The van der Waals surface area contributed by atoms with Gasteiger partial charge in [-0.15, -0.1) is 0 Å². The fraction of sp³-hybridized carbons (Fsp3) is 0.633. The van der Waals surface area contributed by atoms with Gasteiger partial charge in [0.15, 0.2) is 0 Å². The molecule has 0 saturated heterocycles. The predicted octanol–water partition coefficient (Wildman–Crippen LogP) is 7.28. The fourth-order valence-corrected chi connectivity index (χ4v) is 3.87. The molecule has 1 unspecified atom stereocenters. The van der Waals surface area contributed by atoms with E-state index >= 15 is 0 Å². The van der Waals surface area contributed by atoms with Crippen LogP contribution in [0.5, 0.6) is 0 Å². The zero-order chi connectivity index (χ0) is 26.1. The molecule has 2 heterocycles. The molecular formula is C30H47N5. The third kappa shape index (κ3) is 11.1. The largest absolute Gasteiger partial charge is 0.286 e. The summed E-state index contributed by atoms with van der Waals surface area (Å²) in [5, 5.41) is 9.19. The number of benzene rings is 1. The molecule has 0 saturated carbocycles. The molecule has 0 N–H and O–H groups in total. The highest BCUT2D eigenvalue weighted by Gasteiger charge is 2.21. The Morgan fingerprint density at radius 3 is 1.83 bits per heavy atom. The van der Waals surface area contributed by atoms with Crippen molar-refractivity contribution in [1.82, 2.24) is 0 Å². The zero-order valence-electron chi connectivity index (χ0n) is 23.3. The van der Waals surface area contributed by atoms with Crippen LogP contribution in [-0.2, 0) is 12.8 Å². The molecule has 5 nitrogen and oxygen atoms in total. The quantitative estimate of drug-likeness (QED) is 0.388. The van der Waals surface area contributed by atoms with Gasteiger partial charge in [0.2, 0.25) is 0 Å². The van der Waals surface area contributed by atoms with Crippen LogP contribution in [0.4, 0.5) is 0 Å². The minimum absolute atomic E-state index is 0.00174. The van der Waals surface area contributed by atoms with Crippen molar-refractivity contribution in [3.8, 4) is 6.07 Å². The second kappa shape index (κ2) is 17.8. The summed E-state index contributed by atoms with van der Waals surface area (Å²) in [6.07, 6.45) is 8.35. The zero-order valence-corrected chi connectivity index (χ0v) is 23.3. The van der Waals surface area contributed by atoms with E-state index in [2.05, 4.69) is 93.8 Å². The lowest BCUT2D eigenvalue weighted by Gasteiger charge is -2.21. The number of nitrogens with zero attached hydrogens (tertiary/aromatic N) is 5. The van der Waals surface area contributed by atoms with Crippen LogP contribution >= 0.6 is 0 Å². The minimum Gasteiger partial charge on any atom is -0.286 e. The number of hydrogen-bond donors (Lipinski definition) is 0. The maximum atomic E-state index is 9.19. The van der Waals surface area contributed by atoms with Crippen LogP contribution in [0.1, 0.15) is 98.1 Å². The van der Waals surface area contributed by atoms with E-state index in [1.807, 2.05) is 0 Å². The van der Waals surface area contributed by atoms with Crippen molar-refractivity contribution in [3.63, 3.8) is 0 Å². The van der Waals surface area contributed by atoms with Crippen LogP contribution < -0.4 is 0 Å². The van der Waals surface area contributed by atoms with Crippen LogP contribution in [0.3, 0.4) is 0 Å². The van der Waals surface area contributed by atoms with Gasteiger partial charge in [0, 0.05) is 30.0 Å². The normalized spacial score (nSPS) is 18.9. The van der Waals surface area contributed by atoms with Crippen LogP contribution in [0.2, 0.25) is 0 Å². The van der Waals surface area contributed by atoms with Gasteiger partial charge in [0.1, 0.15) is 11.8 Å². The molecule has 192 valence electrons. The maximum absolute atomic E-state index is 9.19. The van der Waals surface area contributed by atoms with E-state index < -0.39 is 0 Å². The van der Waals surface area contributed by atoms with Gasteiger partial charge in [0.25, 0.3) is 0 Å². The Morgan fingerprint density at radius 1 is 0.771 bits per heavy atom. The first kappa shape index (κ1) is 30.4. The standard InChI is InChI=1S/C24H31N5.2C3H8/c1-4-6-20-15-26-17(3)23(28-20)12-18-8-10-19(11-9-18)13-24-22(7-5-2)27-16-21(14-25)29-24;2*1-3-2/h8-11,23-24H,4-7,12-13,15-16H2,1-3H3;2*3H2,1-2H3/t23-,24?;;/m1../s1. The smallest absolute Gasteiger partial charge is 0.134 e. The summed E-state index contributed by atoms with van der Waals surface area (Å²) in [6, 6.07) is 11.1. The van der Waals surface area contributed by atoms with Crippen molar-refractivity contribution in [3.05, 3.63) is 35.4 Å². The van der Waals surface area contributed by atoms with Gasteiger partial charge >= 0.3 is 0 Å². The third-order valence-corrected chi connectivity index (χ3v) is 5.51. The van der Waals surface area contributed by atoms with E-state index in [1.165, 1.54) is 29.7 Å². The Kier molecular flexibility index (Phi) is 15.4. The average Bonchev–Trinajstić information content (AvgIpc) is 2.85. The maximum Gasteiger partial charge on any atom is 0.134 e. The van der Waals surface area contributed by atoms with E-state index in [0.717, 1.165) is 56.5 Å². The van der Waals surface area contributed by atoms with E-state index in [-0.39, 0.29) is 12.1 Å². The van der Waals surface area contributed by atoms with Crippen LogP contribution in [-0.4, -0.2) is 48.0 Å². The Bertz CT molecular complexity index is 898. The number of nitriles is 1. The van der Waals surface area contributed by atoms with Crippen LogP contribution in [0.15, 0.2) is 44.2 Å². The monoisotopic (exact) mass is 477 g/mol. The van der Waals surface area contributed by atoms with E-state index in [1.54, 1.807) is 0 Å². The number of aliphatic imine (C=N–C) groups is 4. The van der Waals surface area contributed by atoms with Crippen LogP contribution in [0, 0.1) is 11.3 Å². The number of hydrogen-bond acceptors (Lipinski definition) is 5. The minimum atomic E-state index is -0.00174. The summed E-state index contributed by atoms with van der Waals surface area (Å²) in [5.74, 6) is 0. The summed E-state index contributed by atoms with van der Waals surface area (Å²) < 4.78 is 0. The summed E-state index contributed by atoms with van der Waals surface area (Å²) in [5.41, 5.74) is 6.54. The highest BCUT2D eigenvalue weighted by molar-refractivity contribution is 6.06. The van der Waals surface area contributed by atoms with Crippen molar-refractivity contribution in [1.29, 1.82) is 5.26 Å². The summed E-state index contributed by atoms with van der Waals surface area (Å²) in [4.78, 5) is 18.9. The van der Waals surface area contributed by atoms with Gasteiger partial charge in [-0.1, -0.05) is 91.5 Å². The second-order valence-corrected chi connectivity index (χ2v) is 9.32. The first-order chi connectivity index (χ1) is 17.0. The second-order valence-electron chi connectivity index (χ2n) is 9.32. The SMILES string of the molecule is CCC.CCC.CCCC1=N[C@H](Cc2ccc(CC3N=C(C#N)CN=C3CCC)cc2)C(C)=NC1. The molecule has 0 amide bonds. The van der Waals surface area contributed by atoms with Crippen molar-refractivity contribution in [2.75, 3.05) is 13.1 Å². The fourth-order valence-electron chi connectivity index (χ4n) is 3.87. The number of rotatable bonds is 8. The Balaban J connectivity index is 0.000000926. The molecule has 2 atom stereocenters. The molecule has 0 spiro atoms.